The van der Waals surface area contributed by atoms with E-state index in [0.717, 1.165) is 10.6 Å². The van der Waals surface area contributed by atoms with E-state index < -0.39 is 10.0 Å². The Bertz CT molecular complexity index is 1040. The summed E-state index contributed by atoms with van der Waals surface area (Å²) in [5.41, 5.74) is 2.19. The molecule has 1 aromatic carbocycles. The number of thiophene rings is 1. The summed E-state index contributed by atoms with van der Waals surface area (Å²) in [7, 11) is -0.594. The summed E-state index contributed by atoms with van der Waals surface area (Å²) in [6, 6.07) is 8.53. The molecule has 0 aliphatic rings. The van der Waals surface area contributed by atoms with E-state index >= 15 is 0 Å². The molecule has 0 radical (unpaired) electrons. The van der Waals surface area contributed by atoms with Gasteiger partial charge in [-0.15, -0.1) is 11.3 Å². The molecule has 0 saturated carbocycles. The van der Waals surface area contributed by atoms with E-state index in [1.807, 2.05) is 20.8 Å². The number of nitrogens with one attached hydrogen (secondary N) is 1. The molecule has 2 heterocycles. The first-order chi connectivity index (χ1) is 13.9. The highest BCUT2D eigenvalue weighted by Gasteiger charge is 2.23. The second kappa shape index (κ2) is 8.73. The van der Waals surface area contributed by atoms with Crippen LogP contribution < -0.4 is 5.32 Å². The maximum Gasteiger partial charge on any atom is 0.255 e. The third-order valence-electron chi connectivity index (χ3n) is 4.46. The third kappa shape index (κ3) is 6.09. The molecular formula is C23H33N3O2S2. The van der Waals surface area contributed by atoms with Crippen LogP contribution in [0, 0.1) is 6.92 Å². The molecule has 30 heavy (non-hydrogen) atoms. The molecule has 3 rings (SSSR count). The summed E-state index contributed by atoms with van der Waals surface area (Å²) in [6.45, 7) is 9.07. The normalized spacial score (nSPS) is 13.0. The zero-order valence-electron chi connectivity index (χ0n) is 19.0. The van der Waals surface area contributed by atoms with Gasteiger partial charge in [0.15, 0.2) is 0 Å². The number of hydrogen-bond acceptors (Lipinski definition) is 4. The van der Waals surface area contributed by atoms with Crippen LogP contribution >= 0.6 is 21.4 Å². The summed E-state index contributed by atoms with van der Waals surface area (Å²) in [4.78, 5) is 14.0. The lowest BCUT2D eigenvalue weighted by Crippen LogP contribution is -2.40. The Hall–Kier alpha value is -1.83. The number of aromatic nitrogens is 2. The standard InChI is InChI=1S/C23H33N3O2S2/c1-16-8-9-19-17(12-16)13-20(29-19)21-18(22(27)24-23(2,3)4)14-26(25-21)15-28-10-11-30(5,6)7/h8-9,12-14H,10-11,15H2,1-7H3,(H,24,27). The Balaban J connectivity index is 1.90. The number of rotatable bonds is 7. The van der Waals surface area contributed by atoms with Gasteiger partial charge in [-0.1, -0.05) is 17.7 Å². The zero-order valence-corrected chi connectivity index (χ0v) is 20.7. The van der Waals surface area contributed by atoms with Gasteiger partial charge in [-0.3, -0.25) is 4.79 Å². The Kier molecular flexibility index (Phi) is 6.65. The van der Waals surface area contributed by atoms with Gasteiger partial charge < -0.3 is 10.1 Å². The first-order valence-electron chi connectivity index (χ1n) is 10.1. The molecular weight excluding hydrogens is 414 g/mol. The lowest BCUT2D eigenvalue weighted by atomic mass is 10.1. The number of aryl methyl sites for hydroxylation is 1. The van der Waals surface area contributed by atoms with Gasteiger partial charge in [-0.2, -0.15) is 5.10 Å². The second-order valence-electron chi connectivity index (χ2n) is 9.62. The van der Waals surface area contributed by atoms with E-state index in [1.165, 1.54) is 15.6 Å². The largest absolute Gasteiger partial charge is 0.358 e. The molecule has 0 aliphatic carbocycles. The molecule has 0 fully saturated rings. The quantitative estimate of drug-likeness (QED) is 0.502. The first kappa shape index (κ1) is 22.8. The van der Waals surface area contributed by atoms with E-state index in [-0.39, 0.29) is 11.4 Å². The molecule has 0 saturated heterocycles. The van der Waals surface area contributed by atoms with E-state index in [4.69, 9.17) is 9.84 Å². The lowest BCUT2D eigenvalue weighted by molar-refractivity contribution is 0.0808. The fraction of sp³-hybridized carbons (Fsp3) is 0.478. The van der Waals surface area contributed by atoms with Crippen molar-refractivity contribution in [3.63, 3.8) is 0 Å². The zero-order chi connectivity index (χ0) is 22.1. The van der Waals surface area contributed by atoms with Crippen molar-refractivity contribution in [2.75, 3.05) is 31.1 Å². The van der Waals surface area contributed by atoms with Gasteiger partial charge in [0.1, 0.15) is 12.4 Å². The lowest BCUT2D eigenvalue weighted by Gasteiger charge is -2.24. The Labute approximate surface area is 185 Å². The average Bonchev–Trinajstić information content (AvgIpc) is 3.19. The predicted octanol–water partition coefficient (Wildman–Crippen LogP) is 5.27. The number of hydrogen-bond donors (Lipinski definition) is 1. The monoisotopic (exact) mass is 447 g/mol. The van der Waals surface area contributed by atoms with Gasteiger partial charge in [-0.05, 0) is 64.0 Å². The fourth-order valence-electron chi connectivity index (χ4n) is 2.99. The molecule has 1 amide bonds. The summed E-state index contributed by atoms with van der Waals surface area (Å²) >= 11 is 1.66. The van der Waals surface area contributed by atoms with Crippen molar-refractivity contribution in [1.29, 1.82) is 0 Å². The van der Waals surface area contributed by atoms with Crippen molar-refractivity contribution in [3.05, 3.63) is 41.6 Å². The van der Waals surface area contributed by atoms with Crippen LogP contribution in [0.5, 0.6) is 0 Å². The van der Waals surface area contributed by atoms with Crippen LogP contribution in [0.2, 0.25) is 0 Å². The Morgan fingerprint density at radius 1 is 1.23 bits per heavy atom. The summed E-state index contributed by atoms with van der Waals surface area (Å²) in [5, 5.41) is 8.97. The molecule has 0 atom stereocenters. The first-order valence-corrected chi connectivity index (χ1v) is 13.9. The maximum absolute atomic E-state index is 13.0. The highest BCUT2D eigenvalue weighted by molar-refractivity contribution is 8.32. The van der Waals surface area contributed by atoms with E-state index in [9.17, 15) is 4.79 Å². The van der Waals surface area contributed by atoms with Crippen molar-refractivity contribution in [2.45, 2.75) is 40.0 Å². The minimum atomic E-state index is -0.594. The molecule has 0 unspecified atom stereocenters. The highest BCUT2D eigenvalue weighted by atomic mass is 32.3. The fourth-order valence-corrected chi connectivity index (χ4v) is 4.65. The van der Waals surface area contributed by atoms with E-state index in [2.05, 4.69) is 55.3 Å². The number of fused-ring (bicyclic) bond motifs is 1. The Morgan fingerprint density at radius 3 is 2.63 bits per heavy atom. The van der Waals surface area contributed by atoms with Gasteiger partial charge in [0.2, 0.25) is 0 Å². The molecule has 7 heteroatoms. The third-order valence-corrected chi connectivity index (χ3v) is 6.98. The number of carbonyl (C=O) groups is 1. The van der Waals surface area contributed by atoms with Crippen molar-refractivity contribution in [2.24, 2.45) is 0 Å². The average molecular weight is 448 g/mol. The Morgan fingerprint density at radius 2 is 1.97 bits per heavy atom. The number of ether oxygens (including phenoxy) is 1. The number of amides is 1. The number of benzene rings is 1. The molecule has 5 nitrogen and oxygen atoms in total. The van der Waals surface area contributed by atoms with E-state index in [0.29, 0.717) is 24.6 Å². The van der Waals surface area contributed by atoms with Crippen LogP contribution in [0.25, 0.3) is 20.7 Å². The van der Waals surface area contributed by atoms with Gasteiger partial charge >= 0.3 is 0 Å². The van der Waals surface area contributed by atoms with Crippen molar-refractivity contribution >= 4 is 37.4 Å². The van der Waals surface area contributed by atoms with Crippen molar-refractivity contribution in [1.82, 2.24) is 15.1 Å². The molecule has 2 aromatic heterocycles. The summed E-state index contributed by atoms with van der Waals surface area (Å²) < 4.78 is 8.78. The minimum absolute atomic E-state index is 0.114. The van der Waals surface area contributed by atoms with Crippen LogP contribution in [0.3, 0.4) is 0 Å². The molecule has 3 aromatic rings. The highest BCUT2D eigenvalue weighted by Crippen LogP contribution is 2.35. The molecule has 0 bridgehead atoms. The maximum atomic E-state index is 13.0. The van der Waals surface area contributed by atoms with Crippen LogP contribution in [0.4, 0.5) is 0 Å². The smallest absolute Gasteiger partial charge is 0.255 e. The van der Waals surface area contributed by atoms with Gasteiger partial charge in [0.25, 0.3) is 5.91 Å². The number of carbonyl (C=O) groups excluding carboxylic acids is 1. The topological polar surface area (TPSA) is 56.2 Å². The predicted molar refractivity (Wildman–Crippen MR) is 131 cm³/mol. The van der Waals surface area contributed by atoms with Crippen LogP contribution in [0.1, 0.15) is 36.7 Å². The van der Waals surface area contributed by atoms with Crippen LogP contribution in [0.15, 0.2) is 30.5 Å². The summed E-state index contributed by atoms with van der Waals surface area (Å²) in [5.74, 6) is 0.935. The van der Waals surface area contributed by atoms with Gasteiger partial charge in [0, 0.05) is 22.2 Å². The second-order valence-corrected chi connectivity index (χ2v) is 15.3. The van der Waals surface area contributed by atoms with Crippen molar-refractivity contribution in [3.8, 4) is 10.6 Å². The molecule has 0 aliphatic heterocycles. The van der Waals surface area contributed by atoms with Crippen LogP contribution in [-0.2, 0) is 11.5 Å². The SMILES string of the molecule is Cc1ccc2sc(-c3nn(COCCS(C)(C)C)cc3C(=O)NC(C)(C)C)cc2c1. The van der Waals surface area contributed by atoms with E-state index in [1.54, 1.807) is 22.2 Å². The molecule has 164 valence electrons. The van der Waals surface area contributed by atoms with Crippen molar-refractivity contribution < 1.29 is 9.53 Å². The summed E-state index contributed by atoms with van der Waals surface area (Å²) in [6.07, 6.45) is 8.64. The van der Waals surface area contributed by atoms with Gasteiger partial charge in [-0.25, -0.2) is 14.7 Å². The van der Waals surface area contributed by atoms with Crippen LogP contribution in [-0.4, -0.2) is 52.4 Å². The van der Waals surface area contributed by atoms with Gasteiger partial charge in [0.05, 0.1) is 17.0 Å². The molecule has 1 N–H and O–H groups in total. The number of nitrogens with zero attached hydrogens (tertiary/aromatic N) is 2. The molecule has 0 spiro atoms. The minimum Gasteiger partial charge on any atom is -0.358 e.